The van der Waals surface area contributed by atoms with Crippen LogP contribution in [0.4, 0.5) is 4.39 Å². The van der Waals surface area contributed by atoms with Crippen molar-refractivity contribution in [2.75, 3.05) is 19.6 Å². The number of hydrogen-bond donors (Lipinski definition) is 4. The van der Waals surface area contributed by atoms with Crippen molar-refractivity contribution in [3.63, 3.8) is 0 Å². The van der Waals surface area contributed by atoms with Crippen LogP contribution in [0, 0.1) is 17.3 Å². The van der Waals surface area contributed by atoms with Gasteiger partial charge in [-0.25, -0.2) is 4.39 Å². The molecule has 0 aliphatic carbocycles. The van der Waals surface area contributed by atoms with Crippen molar-refractivity contribution in [1.82, 2.24) is 10.2 Å². The van der Waals surface area contributed by atoms with Crippen LogP contribution in [0.1, 0.15) is 66.7 Å². The molecular formula is C20H42FN3O2. The minimum atomic E-state index is -1.40. The molecule has 0 spiro atoms. The van der Waals surface area contributed by atoms with Crippen LogP contribution < -0.4 is 11.1 Å². The summed E-state index contributed by atoms with van der Waals surface area (Å²) >= 11 is 0. The van der Waals surface area contributed by atoms with Crippen LogP contribution in [0.2, 0.25) is 0 Å². The Morgan fingerprint density at radius 3 is 2.46 bits per heavy atom. The number of halogens is 1. The summed E-state index contributed by atoms with van der Waals surface area (Å²) in [6, 6.07) is 0.304. The Hall–Kier alpha value is -0.270. The first-order valence-electron chi connectivity index (χ1n) is 10.3. The maximum absolute atomic E-state index is 14.5. The van der Waals surface area contributed by atoms with E-state index >= 15 is 0 Å². The van der Waals surface area contributed by atoms with Crippen molar-refractivity contribution in [1.29, 1.82) is 0 Å². The monoisotopic (exact) mass is 375 g/mol. The Kier molecular flexibility index (Phi) is 9.97. The van der Waals surface area contributed by atoms with Crippen LogP contribution in [0.25, 0.3) is 0 Å². The van der Waals surface area contributed by atoms with Crippen LogP contribution in [0.5, 0.6) is 0 Å². The first-order valence-corrected chi connectivity index (χ1v) is 10.3. The number of aliphatic hydroxyl groups is 2. The quantitative estimate of drug-likeness (QED) is 0.394. The first-order chi connectivity index (χ1) is 12.2. The van der Waals surface area contributed by atoms with Crippen molar-refractivity contribution in [3.05, 3.63) is 0 Å². The molecule has 0 saturated carbocycles. The van der Waals surface area contributed by atoms with Gasteiger partial charge in [0, 0.05) is 19.1 Å². The first kappa shape index (κ1) is 23.8. The van der Waals surface area contributed by atoms with Crippen LogP contribution >= 0.6 is 0 Å². The summed E-state index contributed by atoms with van der Waals surface area (Å²) in [5.41, 5.74) is 5.46. The van der Waals surface area contributed by atoms with Gasteiger partial charge >= 0.3 is 0 Å². The van der Waals surface area contributed by atoms with Gasteiger partial charge < -0.3 is 15.9 Å². The minimum Gasteiger partial charge on any atom is -0.366 e. The van der Waals surface area contributed by atoms with Gasteiger partial charge in [0.2, 0.25) is 0 Å². The fourth-order valence-electron chi connectivity index (χ4n) is 4.97. The topological polar surface area (TPSA) is 81.8 Å². The van der Waals surface area contributed by atoms with Gasteiger partial charge in [-0.3, -0.25) is 10.2 Å². The zero-order chi connectivity index (χ0) is 19.9. The lowest BCUT2D eigenvalue weighted by Crippen LogP contribution is -2.49. The van der Waals surface area contributed by atoms with Crippen LogP contribution in [0.3, 0.4) is 0 Å². The van der Waals surface area contributed by atoms with E-state index < -0.39 is 18.6 Å². The molecule has 156 valence electrons. The molecule has 1 aliphatic rings. The molecule has 5 atom stereocenters. The van der Waals surface area contributed by atoms with Gasteiger partial charge in [-0.15, -0.1) is 0 Å². The minimum absolute atomic E-state index is 0.0354. The molecule has 0 aromatic heterocycles. The van der Waals surface area contributed by atoms with Crippen molar-refractivity contribution in [2.45, 2.75) is 91.4 Å². The van der Waals surface area contributed by atoms with Crippen molar-refractivity contribution in [3.8, 4) is 0 Å². The molecule has 0 aromatic rings. The molecule has 6 heteroatoms. The smallest absolute Gasteiger partial charge is 0.181 e. The van der Waals surface area contributed by atoms with Crippen LogP contribution in [0.15, 0.2) is 0 Å². The van der Waals surface area contributed by atoms with Gasteiger partial charge in [0.1, 0.15) is 12.3 Å². The fourth-order valence-corrected chi connectivity index (χ4v) is 4.97. The van der Waals surface area contributed by atoms with E-state index in [1.165, 1.54) is 0 Å². The standard InChI is InChI=1S/C20H42FN3O2/c1-6-8-16-13-23-18(19(25)26)24(16)12-10-20(4,5)17(15(3)21)14(2)9-7-11-22/h14-19,23,25-26H,6-13,22H2,1-5H3/t14?,15?,16?,17-,18?/m0/s1. The zero-order valence-electron chi connectivity index (χ0n) is 17.4. The molecule has 0 radical (unpaired) electrons. The molecule has 1 rings (SSSR count). The highest BCUT2D eigenvalue weighted by Gasteiger charge is 2.40. The second kappa shape index (κ2) is 10.9. The Morgan fingerprint density at radius 2 is 1.96 bits per heavy atom. The molecule has 26 heavy (non-hydrogen) atoms. The molecule has 1 fully saturated rings. The average molecular weight is 376 g/mol. The Balaban J connectivity index is 2.81. The molecular weight excluding hydrogens is 333 g/mol. The summed E-state index contributed by atoms with van der Waals surface area (Å²) in [6.45, 7) is 12.4. The SMILES string of the molecule is CCCC1CNC(C(O)O)N1CCC(C)(C)[C@H](C(C)F)C(C)CCCN. The highest BCUT2D eigenvalue weighted by Crippen LogP contribution is 2.41. The highest BCUT2D eigenvalue weighted by atomic mass is 19.1. The predicted octanol–water partition coefficient (Wildman–Crippen LogP) is 2.46. The molecule has 0 bridgehead atoms. The Bertz CT molecular complexity index is 393. The second-order valence-corrected chi connectivity index (χ2v) is 8.80. The van der Waals surface area contributed by atoms with Crippen molar-refractivity contribution in [2.24, 2.45) is 23.0 Å². The van der Waals surface area contributed by atoms with E-state index in [2.05, 4.69) is 37.9 Å². The predicted molar refractivity (Wildman–Crippen MR) is 105 cm³/mol. The second-order valence-electron chi connectivity index (χ2n) is 8.80. The third-order valence-corrected chi connectivity index (χ3v) is 6.18. The fraction of sp³-hybridized carbons (Fsp3) is 1.00. The largest absolute Gasteiger partial charge is 0.366 e. The summed E-state index contributed by atoms with van der Waals surface area (Å²) in [5.74, 6) is 0.239. The van der Waals surface area contributed by atoms with E-state index in [0.717, 1.165) is 45.2 Å². The number of alkyl halides is 1. The van der Waals surface area contributed by atoms with E-state index in [1.807, 2.05) is 0 Å². The number of nitrogens with one attached hydrogen (secondary N) is 1. The van der Waals surface area contributed by atoms with Gasteiger partial charge in [0.25, 0.3) is 0 Å². The summed E-state index contributed by atoms with van der Waals surface area (Å²) in [5, 5.41) is 22.6. The highest BCUT2D eigenvalue weighted by molar-refractivity contribution is 4.91. The molecule has 0 amide bonds. The maximum atomic E-state index is 14.5. The van der Waals surface area contributed by atoms with E-state index in [9.17, 15) is 14.6 Å². The lowest BCUT2D eigenvalue weighted by atomic mass is 9.67. The Labute approximate surface area is 159 Å². The van der Waals surface area contributed by atoms with Crippen molar-refractivity contribution < 1.29 is 14.6 Å². The number of rotatable bonds is 12. The summed E-state index contributed by atoms with van der Waals surface area (Å²) in [7, 11) is 0. The van der Waals surface area contributed by atoms with Gasteiger partial charge in [0.05, 0.1) is 0 Å². The number of aliphatic hydroxyl groups excluding tert-OH is 1. The van der Waals surface area contributed by atoms with Gasteiger partial charge in [0.15, 0.2) is 6.29 Å². The normalized spacial score (nSPS) is 25.6. The number of nitrogens with zero attached hydrogens (tertiary/aromatic N) is 1. The molecule has 5 N–H and O–H groups in total. The summed E-state index contributed by atoms with van der Waals surface area (Å²) in [6.07, 6.45) is 2.06. The van der Waals surface area contributed by atoms with E-state index in [1.54, 1.807) is 6.92 Å². The van der Waals surface area contributed by atoms with E-state index in [0.29, 0.717) is 12.6 Å². The van der Waals surface area contributed by atoms with Gasteiger partial charge in [-0.05, 0) is 56.4 Å². The lowest BCUT2D eigenvalue weighted by molar-refractivity contribution is -0.104. The van der Waals surface area contributed by atoms with Gasteiger partial charge in [-0.1, -0.05) is 34.1 Å². The number of nitrogens with two attached hydrogens (primary N) is 1. The van der Waals surface area contributed by atoms with E-state index in [-0.39, 0.29) is 17.3 Å². The summed E-state index contributed by atoms with van der Waals surface area (Å²) < 4.78 is 14.5. The van der Waals surface area contributed by atoms with E-state index in [4.69, 9.17) is 5.73 Å². The van der Waals surface area contributed by atoms with Gasteiger partial charge in [-0.2, -0.15) is 0 Å². The molecule has 0 aromatic carbocycles. The maximum Gasteiger partial charge on any atom is 0.181 e. The molecule has 1 aliphatic heterocycles. The molecule has 4 unspecified atom stereocenters. The molecule has 1 saturated heterocycles. The molecule has 5 nitrogen and oxygen atoms in total. The van der Waals surface area contributed by atoms with Crippen LogP contribution in [-0.4, -0.2) is 59.4 Å². The van der Waals surface area contributed by atoms with Crippen molar-refractivity contribution >= 4 is 0 Å². The molecule has 1 heterocycles. The number of hydrogen-bond acceptors (Lipinski definition) is 5. The Morgan fingerprint density at radius 1 is 1.31 bits per heavy atom. The van der Waals surface area contributed by atoms with Crippen LogP contribution in [-0.2, 0) is 0 Å². The lowest BCUT2D eigenvalue weighted by Gasteiger charge is -2.41. The summed E-state index contributed by atoms with van der Waals surface area (Å²) in [4.78, 5) is 2.17. The zero-order valence-corrected chi connectivity index (χ0v) is 17.4. The third-order valence-electron chi connectivity index (χ3n) is 6.18. The average Bonchev–Trinajstić information content (AvgIpc) is 2.94. The third kappa shape index (κ3) is 6.41.